The number of aliphatic hydroxyl groups is 1. The summed E-state index contributed by atoms with van der Waals surface area (Å²) in [6.45, 7) is 5.20. The number of benzene rings is 2. The van der Waals surface area contributed by atoms with Crippen LogP contribution in [0.1, 0.15) is 41.6 Å². The number of Topliss-reactive ketones (excluding diaryl/α,β-unsaturated/α-hetero) is 1. The fraction of sp³-hybridized carbons (Fsp3) is 0.385. The summed E-state index contributed by atoms with van der Waals surface area (Å²) in [6.07, 6.45) is 1.56. The molecule has 0 bridgehead atoms. The summed E-state index contributed by atoms with van der Waals surface area (Å²) in [5.41, 5.74) is 3.51. The Morgan fingerprint density at radius 1 is 1.19 bits per heavy atom. The van der Waals surface area contributed by atoms with Gasteiger partial charge in [-0.25, -0.2) is 0 Å². The van der Waals surface area contributed by atoms with Crippen molar-refractivity contribution in [3.63, 3.8) is 0 Å². The van der Waals surface area contributed by atoms with Crippen LogP contribution in [0.4, 0.5) is 0 Å². The van der Waals surface area contributed by atoms with E-state index in [4.69, 9.17) is 4.74 Å². The number of carbonyl (C=O) groups is 2. The number of nitrogens with zero attached hydrogens (tertiary/aromatic N) is 2. The van der Waals surface area contributed by atoms with Gasteiger partial charge in [-0.05, 0) is 75.8 Å². The van der Waals surface area contributed by atoms with Crippen molar-refractivity contribution in [1.29, 1.82) is 0 Å². The second-order valence-corrected chi connectivity index (χ2v) is 8.96. The van der Waals surface area contributed by atoms with Crippen LogP contribution in [-0.4, -0.2) is 59.9 Å². The zero-order valence-electron chi connectivity index (χ0n) is 19.1. The molecule has 0 saturated carbocycles. The lowest BCUT2D eigenvalue weighted by atomic mass is 9.92. The van der Waals surface area contributed by atoms with Crippen LogP contribution in [0.5, 0.6) is 5.75 Å². The number of ether oxygens (including phenoxy) is 1. The number of likely N-dealkylation sites (tertiary alicyclic amines) is 1. The highest BCUT2D eigenvalue weighted by molar-refractivity contribution is 6.46. The first kappa shape index (κ1) is 22.1. The second-order valence-electron chi connectivity index (χ2n) is 8.96. The van der Waals surface area contributed by atoms with Gasteiger partial charge >= 0.3 is 0 Å². The van der Waals surface area contributed by atoms with E-state index >= 15 is 0 Å². The SMILES string of the molecule is Cc1ccccc1C1/C(=C(\O)c2ccc3c(c2)CC(C)O3)C(=O)C(=O)N1CCCN(C)C. The molecule has 2 heterocycles. The maximum absolute atomic E-state index is 13.2. The zero-order valence-corrected chi connectivity index (χ0v) is 19.1. The average Bonchev–Trinajstić information content (AvgIpc) is 3.24. The summed E-state index contributed by atoms with van der Waals surface area (Å²) in [5.74, 6) is -0.523. The predicted octanol–water partition coefficient (Wildman–Crippen LogP) is 3.69. The quantitative estimate of drug-likeness (QED) is 0.427. The van der Waals surface area contributed by atoms with E-state index in [2.05, 4.69) is 0 Å². The number of aryl methyl sites for hydroxylation is 1. The topological polar surface area (TPSA) is 70.1 Å². The van der Waals surface area contributed by atoms with Crippen molar-refractivity contribution in [3.8, 4) is 5.75 Å². The maximum atomic E-state index is 13.2. The number of fused-ring (bicyclic) bond motifs is 1. The van der Waals surface area contributed by atoms with Gasteiger partial charge in [0.1, 0.15) is 17.6 Å². The van der Waals surface area contributed by atoms with Gasteiger partial charge in [-0.1, -0.05) is 24.3 Å². The summed E-state index contributed by atoms with van der Waals surface area (Å²) in [6, 6.07) is 12.5. The van der Waals surface area contributed by atoms with Crippen molar-refractivity contribution in [2.24, 2.45) is 0 Å². The summed E-state index contributed by atoms with van der Waals surface area (Å²) >= 11 is 0. The lowest BCUT2D eigenvalue weighted by Crippen LogP contribution is -2.32. The van der Waals surface area contributed by atoms with Crippen LogP contribution in [0.2, 0.25) is 0 Å². The predicted molar refractivity (Wildman–Crippen MR) is 124 cm³/mol. The number of hydrogen-bond donors (Lipinski definition) is 1. The monoisotopic (exact) mass is 434 g/mol. The van der Waals surface area contributed by atoms with Gasteiger partial charge in [0.15, 0.2) is 0 Å². The summed E-state index contributed by atoms with van der Waals surface area (Å²) < 4.78 is 5.76. The minimum Gasteiger partial charge on any atom is -0.507 e. The normalized spacial score (nSPS) is 21.8. The van der Waals surface area contributed by atoms with Crippen molar-refractivity contribution in [2.75, 3.05) is 27.2 Å². The molecule has 32 heavy (non-hydrogen) atoms. The first-order valence-corrected chi connectivity index (χ1v) is 11.1. The van der Waals surface area contributed by atoms with E-state index in [1.165, 1.54) is 0 Å². The maximum Gasteiger partial charge on any atom is 0.295 e. The van der Waals surface area contributed by atoms with E-state index in [-0.39, 0.29) is 17.4 Å². The number of aliphatic hydroxyl groups excluding tert-OH is 1. The van der Waals surface area contributed by atoms with E-state index in [0.29, 0.717) is 12.1 Å². The molecule has 2 aliphatic heterocycles. The van der Waals surface area contributed by atoms with Crippen LogP contribution >= 0.6 is 0 Å². The van der Waals surface area contributed by atoms with Crippen LogP contribution in [0.15, 0.2) is 48.0 Å². The molecule has 6 nitrogen and oxygen atoms in total. The molecule has 1 N–H and O–H groups in total. The third kappa shape index (κ3) is 4.02. The summed E-state index contributed by atoms with van der Waals surface area (Å²) in [5, 5.41) is 11.3. The van der Waals surface area contributed by atoms with Crippen molar-refractivity contribution >= 4 is 17.4 Å². The van der Waals surface area contributed by atoms with Gasteiger partial charge < -0.3 is 19.6 Å². The molecule has 0 spiro atoms. The standard InChI is InChI=1S/C26H30N2O4/c1-16-8-5-6-9-20(16)23-22(25(30)26(31)28(23)13-7-12-27(3)4)24(29)18-10-11-21-19(15-18)14-17(2)32-21/h5-6,8-11,15,17,23,29H,7,12-14H2,1-4H3/b24-22+. The van der Waals surface area contributed by atoms with Gasteiger partial charge in [0, 0.05) is 18.5 Å². The Balaban J connectivity index is 1.80. The zero-order chi connectivity index (χ0) is 23.0. The van der Waals surface area contributed by atoms with Crippen molar-refractivity contribution < 1.29 is 19.4 Å². The van der Waals surface area contributed by atoms with Gasteiger partial charge in [0.05, 0.1) is 11.6 Å². The molecule has 6 heteroatoms. The van der Waals surface area contributed by atoms with Gasteiger partial charge in [-0.15, -0.1) is 0 Å². The Bertz CT molecular complexity index is 1090. The molecule has 2 aliphatic rings. The van der Waals surface area contributed by atoms with Crippen molar-refractivity contribution in [1.82, 2.24) is 9.80 Å². The highest BCUT2D eigenvalue weighted by atomic mass is 16.5. The molecule has 2 atom stereocenters. The second kappa shape index (κ2) is 8.79. The molecule has 1 saturated heterocycles. The van der Waals surface area contributed by atoms with Gasteiger partial charge in [-0.2, -0.15) is 0 Å². The summed E-state index contributed by atoms with van der Waals surface area (Å²) in [4.78, 5) is 29.9. The largest absolute Gasteiger partial charge is 0.507 e. The number of ketones is 1. The molecule has 0 radical (unpaired) electrons. The molecule has 0 aliphatic carbocycles. The van der Waals surface area contributed by atoms with Crippen LogP contribution in [-0.2, 0) is 16.0 Å². The number of carbonyl (C=O) groups excluding carboxylic acids is 2. The molecule has 1 fully saturated rings. The molecule has 1 amide bonds. The van der Waals surface area contributed by atoms with Crippen LogP contribution in [0, 0.1) is 6.92 Å². The molecule has 4 rings (SSSR count). The van der Waals surface area contributed by atoms with Crippen LogP contribution < -0.4 is 4.74 Å². The lowest BCUT2D eigenvalue weighted by Gasteiger charge is -2.27. The van der Waals surface area contributed by atoms with Crippen LogP contribution in [0.25, 0.3) is 5.76 Å². The van der Waals surface area contributed by atoms with Crippen LogP contribution in [0.3, 0.4) is 0 Å². The first-order valence-electron chi connectivity index (χ1n) is 11.1. The number of rotatable bonds is 6. The van der Waals surface area contributed by atoms with E-state index < -0.39 is 17.7 Å². The molecular weight excluding hydrogens is 404 g/mol. The third-order valence-corrected chi connectivity index (χ3v) is 6.20. The third-order valence-electron chi connectivity index (χ3n) is 6.20. The highest BCUT2D eigenvalue weighted by Crippen LogP contribution is 2.41. The molecule has 2 aromatic carbocycles. The van der Waals surface area contributed by atoms with E-state index in [1.807, 2.05) is 69.2 Å². The Labute approximate surface area is 189 Å². The molecule has 168 valence electrons. The number of hydrogen-bond acceptors (Lipinski definition) is 5. The molecule has 2 aromatic rings. The Morgan fingerprint density at radius 3 is 2.66 bits per heavy atom. The smallest absolute Gasteiger partial charge is 0.295 e. The lowest BCUT2D eigenvalue weighted by molar-refractivity contribution is -0.139. The Hall–Kier alpha value is -3.12. The fourth-order valence-electron chi connectivity index (χ4n) is 4.61. The van der Waals surface area contributed by atoms with E-state index in [9.17, 15) is 14.7 Å². The Kier molecular flexibility index (Phi) is 6.07. The fourth-order valence-corrected chi connectivity index (χ4v) is 4.61. The first-order chi connectivity index (χ1) is 15.3. The highest BCUT2D eigenvalue weighted by Gasteiger charge is 2.46. The molecule has 2 unspecified atom stereocenters. The molecule has 0 aromatic heterocycles. The van der Waals surface area contributed by atoms with E-state index in [1.54, 1.807) is 11.0 Å². The minimum absolute atomic E-state index is 0.0802. The number of amides is 1. The van der Waals surface area contributed by atoms with Gasteiger partial charge in [0.25, 0.3) is 11.7 Å². The summed E-state index contributed by atoms with van der Waals surface area (Å²) in [7, 11) is 3.96. The van der Waals surface area contributed by atoms with E-state index in [0.717, 1.165) is 41.8 Å². The van der Waals surface area contributed by atoms with Gasteiger partial charge in [-0.3, -0.25) is 9.59 Å². The average molecular weight is 435 g/mol. The van der Waals surface area contributed by atoms with Crippen molar-refractivity contribution in [2.45, 2.75) is 38.8 Å². The van der Waals surface area contributed by atoms with Gasteiger partial charge in [0.2, 0.25) is 0 Å². The minimum atomic E-state index is -0.634. The Morgan fingerprint density at radius 2 is 1.94 bits per heavy atom. The molecular formula is C26H30N2O4. The van der Waals surface area contributed by atoms with Crippen molar-refractivity contribution in [3.05, 3.63) is 70.3 Å².